The van der Waals surface area contributed by atoms with E-state index in [1.807, 2.05) is 24.3 Å². The molecule has 2 aromatic carbocycles. The summed E-state index contributed by atoms with van der Waals surface area (Å²) in [5, 5.41) is 21.6. The number of carbonyl (C=O) groups is 1. The number of benzene rings is 2. The number of aromatic hydroxyl groups is 1. The van der Waals surface area contributed by atoms with E-state index in [0.29, 0.717) is 5.56 Å². The first kappa shape index (κ1) is 20.9. The maximum absolute atomic E-state index is 13.4. The Morgan fingerprint density at radius 1 is 1.19 bits per heavy atom. The second-order valence-corrected chi connectivity index (χ2v) is 7.71. The van der Waals surface area contributed by atoms with E-state index >= 15 is 0 Å². The zero-order valence-electron chi connectivity index (χ0n) is 15.9. The predicted octanol–water partition coefficient (Wildman–Crippen LogP) is 2.55. The lowest BCUT2D eigenvalue weighted by molar-refractivity contribution is -0.123. The van der Waals surface area contributed by atoms with E-state index < -0.39 is 29.6 Å². The Morgan fingerprint density at radius 2 is 1.81 bits per heavy atom. The van der Waals surface area contributed by atoms with E-state index in [0.717, 1.165) is 17.2 Å². The number of hydrogen-bond donors (Lipinski definition) is 4. The van der Waals surface area contributed by atoms with Crippen molar-refractivity contribution in [2.45, 2.75) is 44.7 Å². The maximum atomic E-state index is 13.4. The summed E-state index contributed by atoms with van der Waals surface area (Å²) in [5.74, 6) is -1.65. The molecule has 0 saturated carbocycles. The van der Waals surface area contributed by atoms with Gasteiger partial charge in [-0.05, 0) is 40.7 Å². The van der Waals surface area contributed by atoms with Crippen LogP contribution in [0, 0.1) is 5.82 Å². The van der Waals surface area contributed by atoms with Gasteiger partial charge in [0, 0.05) is 0 Å². The Bertz CT molecular complexity index is 785. The highest BCUT2D eigenvalue weighted by atomic mass is 19.1. The third kappa shape index (κ3) is 5.52. The van der Waals surface area contributed by atoms with Gasteiger partial charge in [0.2, 0.25) is 5.91 Å². The van der Waals surface area contributed by atoms with Crippen LogP contribution in [0.4, 0.5) is 4.39 Å². The highest BCUT2D eigenvalue weighted by Gasteiger charge is 2.21. The zero-order chi connectivity index (χ0) is 20.2. The quantitative estimate of drug-likeness (QED) is 0.625. The first-order valence-corrected chi connectivity index (χ1v) is 8.86. The highest BCUT2D eigenvalue weighted by molar-refractivity contribution is 5.82. The molecular weight excluding hydrogens is 347 g/mol. The van der Waals surface area contributed by atoms with E-state index in [4.69, 9.17) is 5.73 Å². The number of amides is 1. The van der Waals surface area contributed by atoms with Gasteiger partial charge in [0.05, 0.1) is 18.7 Å². The second-order valence-electron chi connectivity index (χ2n) is 7.71. The molecule has 0 aromatic heterocycles. The number of nitrogens with one attached hydrogen (secondary N) is 1. The number of aliphatic hydroxyl groups is 1. The van der Waals surface area contributed by atoms with Crippen molar-refractivity contribution in [1.82, 2.24) is 5.32 Å². The van der Waals surface area contributed by atoms with Crippen molar-refractivity contribution in [1.29, 1.82) is 0 Å². The first-order valence-electron chi connectivity index (χ1n) is 8.86. The molecule has 5 N–H and O–H groups in total. The summed E-state index contributed by atoms with van der Waals surface area (Å²) in [7, 11) is 0. The predicted molar refractivity (Wildman–Crippen MR) is 103 cm³/mol. The van der Waals surface area contributed by atoms with Crippen molar-refractivity contribution >= 4 is 5.91 Å². The Hall–Kier alpha value is -2.44. The third-order valence-corrected chi connectivity index (χ3v) is 4.48. The zero-order valence-corrected chi connectivity index (χ0v) is 15.9. The molecule has 0 spiro atoms. The summed E-state index contributed by atoms with van der Waals surface area (Å²) in [4.78, 5) is 12.4. The van der Waals surface area contributed by atoms with Gasteiger partial charge in [-0.2, -0.15) is 0 Å². The van der Waals surface area contributed by atoms with E-state index in [-0.39, 0.29) is 18.4 Å². The average Bonchev–Trinajstić information content (AvgIpc) is 2.62. The number of halogens is 1. The Morgan fingerprint density at radius 3 is 2.33 bits per heavy atom. The fraction of sp³-hybridized carbons (Fsp3) is 0.381. The summed E-state index contributed by atoms with van der Waals surface area (Å²) < 4.78 is 13.4. The van der Waals surface area contributed by atoms with Crippen LogP contribution in [0.3, 0.4) is 0 Å². The average molecular weight is 374 g/mol. The highest BCUT2D eigenvalue weighted by Crippen LogP contribution is 2.24. The number of aliphatic hydroxyl groups excluding tert-OH is 1. The van der Waals surface area contributed by atoms with Crippen molar-refractivity contribution in [3.8, 4) is 5.75 Å². The summed E-state index contributed by atoms with van der Waals surface area (Å²) >= 11 is 0. The van der Waals surface area contributed by atoms with Crippen molar-refractivity contribution in [2.24, 2.45) is 5.73 Å². The molecular formula is C21H27FN2O3. The minimum atomic E-state index is -0.906. The number of phenolic OH excluding ortho intramolecular Hbond substituents is 1. The molecule has 27 heavy (non-hydrogen) atoms. The smallest absolute Gasteiger partial charge is 0.237 e. The topological polar surface area (TPSA) is 95.6 Å². The molecule has 1 amide bonds. The van der Waals surface area contributed by atoms with Crippen molar-refractivity contribution < 1.29 is 19.4 Å². The molecule has 6 heteroatoms. The van der Waals surface area contributed by atoms with E-state index in [1.165, 1.54) is 12.1 Å². The molecule has 0 saturated heterocycles. The van der Waals surface area contributed by atoms with Crippen LogP contribution in [0.5, 0.6) is 5.75 Å². The minimum absolute atomic E-state index is 0.0121. The van der Waals surface area contributed by atoms with Crippen LogP contribution in [0.1, 0.15) is 43.5 Å². The van der Waals surface area contributed by atoms with Gasteiger partial charge in [-0.3, -0.25) is 4.79 Å². The maximum Gasteiger partial charge on any atom is 0.237 e. The Kier molecular flexibility index (Phi) is 6.57. The number of phenols is 1. The van der Waals surface area contributed by atoms with E-state index in [1.54, 1.807) is 0 Å². The van der Waals surface area contributed by atoms with Gasteiger partial charge >= 0.3 is 0 Å². The standard InChI is InChI=1S/C21H27FN2O3/c1-21(2,3)15-7-5-14(6-8-15)18(12-25)24-20(27)17(23)11-13-4-9-19(26)16(22)10-13/h4-10,17-18,25-26H,11-12,23H2,1-3H3,(H,24,27). The van der Waals surface area contributed by atoms with Gasteiger partial charge in [-0.1, -0.05) is 51.1 Å². The van der Waals surface area contributed by atoms with Crippen molar-refractivity contribution in [2.75, 3.05) is 6.61 Å². The summed E-state index contributed by atoms with van der Waals surface area (Å²) in [6, 6.07) is 10.1. The van der Waals surface area contributed by atoms with Gasteiger partial charge < -0.3 is 21.3 Å². The summed E-state index contributed by atoms with van der Waals surface area (Å²) in [6.45, 7) is 6.07. The Balaban J connectivity index is 2.04. The van der Waals surface area contributed by atoms with Crippen LogP contribution in [0.25, 0.3) is 0 Å². The third-order valence-electron chi connectivity index (χ3n) is 4.48. The van der Waals surface area contributed by atoms with Crippen LogP contribution < -0.4 is 11.1 Å². The largest absolute Gasteiger partial charge is 0.505 e. The van der Waals surface area contributed by atoms with E-state index in [2.05, 4.69) is 26.1 Å². The molecule has 2 rings (SSSR count). The molecule has 2 unspecified atom stereocenters. The number of hydrogen-bond acceptors (Lipinski definition) is 4. The monoisotopic (exact) mass is 374 g/mol. The van der Waals surface area contributed by atoms with Crippen LogP contribution in [0.2, 0.25) is 0 Å². The summed E-state index contributed by atoms with van der Waals surface area (Å²) in [5.41, 5.74) is 8.37. The SMILES string of the molecule is CC(C)(C)c1ccc(C(CO)NC(=O)C(N)Cc2ccc(O)c(F)c2)cc1. The normalized spacial score (nSPS) is 13.9. The second kappa shape index (κ2) is 8.50. The molecule has 5 nitrogen and oxygen atoms in total. The van der Waals surface area contributed by atoms with Gasteiger partial charge in [0.15, 0.2) is 11.6 Å². The molecule has 2 atom stereocenters. The van der Waals surface area contributed by atoms with Gasteiger partial charge in [0.25, 0.3) is 0 Å². The van der Waals surface area contributed by atoms with Gasteiger partial charge in [-0.15, -0.1) is 0 Å². The van der Waals surface area contributed by atoms with Crippen LogP contribution in [0.15, 0.2) is 42.5 Å². The van der Waals surface area contributed by atoms with Crippen LogP contribution in [-0.2, 0) is 16.6 Å². The van der Waals surface area contributed by atoms with Crippen molar-refractivity contribution in [3.05, 3.63) is 65.0 Å². The molecule has 0 aliphatic carbocycles. The van der Waals surface area contributed by atoms with Gasteiger partial charge in [-0.25, -0.2) is 4.39 Å². The fourth-order valence-corrected chi connectivity index (χ4v) is 2.75. The molecule has 0 aliphatic heterocycles. The number of rotatable bonds is 6. The molecule has 0 fully saturated rings. The van der Waals surface area contributed by atoms with Crippen LogP contribution >= 0.6 is 0 Å². The fourth-order valence-electron chi connectivity index (χ4n) is 2.75. The molecule has 2 aromatic rings. The van der Waals surface area contributed by atoms with E-state index in [9.17, 15) is 19.4 Å². The number of carbonyl (C=O) groups excluding carboxylic acids is 1. The molecule has 0 heterocycles. The first-order chi connectivity index (χ1) is 12.6. The lowest BCUT2D eigenvalue weighted by Gasteiger charge is -2.22. The van der Waals surface area contributed by atoms with Crippen molar-refractivity contribution in [3.63, 3.8) is 0 Å². The summed E-state index contributed by atoms with van der Waals surface area (Å²) in [6.07, 6.45) is 0.115. The lowest BCUT2D eigenvalue weighted by atomic mass is 9.86. The molecule has 0 aliphatic rings. The molecule has 0 radical (unpaired) electrons. The number of nitrogens with two attached hydrogens (primary N) is 1. The lowest BCUT2D eigenvalue weighted by Crippen LogP contribution is -2.44. The minimum Gasteiger partial charge on any atom is -0.505 e. The van der Waals surface area contributed by atoms with Crippen LogP contribution in [-0.4, -0.2) is 28.8 Å². The molecule has 0 bridgehead atoms. The Labute approximate surface area is 159 Å². The molecule has 146 valence electrons. The van der Waals surface area contributed by atoms with Gasteiger partial charge in [0.1, 0.15) is 0 Å².